The first-order valence-corrected chi connectivity index (χ1v) is 9.04. The molecule has 2 N–H and O–H groups in total. The van der Waals surface area contributed by atoms with E-state index in [-0.39, 0.29) is 44.5 Å². The lowest BCUT2D eigenvalue weighted by atomic mass is 9.84. The van der Waals surface area contributed by atoms with Crippen LogP contribution in [0.25, 0.3) is 10.8 Å². The number of ether oxygens (including phenoxy) is 2. The zero-order valence-electron chi connectivity index (χ0n) is 16.6. The molecule has 0 saturated heterocycles. The second-order valence-corrected chi connectivity index (χ2v) is 6.93. The van der Waals surface area contributed by atoms with Crippen molar-refractivity contribution in [2.75, 3.05) is 27.3 Å². The molecule has 0 spiro atoms. The van der Waals surface area contributed by atoms with Gasteiger partial charge in [0.15, 0.2) is 0 Å². The highest BCUT2D eigenvalue weighted by atomic mass is 16.5. The number of methoxy groups -OCH3 is 2. The van der Waals surface area contributed by atoms with Crippen LogP contribution in [-0.4, -0.2) is 82.9 Å². The molecule has 12 nitrogen and oxygen atoms in total. The lowest BCUT2D eigenvalue weighted by Gasteiger charge is -2.32. The Bertz CT molecular complexity index is 1200. The van der Waals surface area contributed by atoms with Crippen LogP contribution in [0.2, 0.25) is 0 Å². The summed E-state index contributed by atoms with van der Waals surface area (Å²) < 4.78 is 10.5. The van der Waals surface area contributed by atoms with Crippen LogP contribution in [0, 0.1) is 0 Å². The summed E-state index contributed by atoms with van der Waals surface area (Å²) in [5, 5.41) is 18.1. The Morgan fingerprint density at radius 1 is 0.719 bits per heavy atom. The standard InChI is InChI=1S/C20H14N2O10/c1-31-9-3-7-14-13-8(18(28)21(5-11(23)24)19(29)15(9)13)4-10(32-2)16(14)20(30)22(17(7)27)6-12(25)26/h3-4H,5-6H2,1-2H3,(H,23,24)(H,25,26). The Balaban J connectivity index is 2.14. The van der Waals surface area contributed by atoms with E-state index in [2.05, 4.69) is 0 Å². The fourth-order valence-corrected chi connectivity index (χ4v) is 3.97. The van der Waals surface area contributed by atoms with Crippen molar-refractivity contribution in [3.8, 4) is 11.5 Å². The van der Waals surface area contributed by atoms with Gasteiger partial charge in [-0.3, -0.25) is 38.6 Å². The number of carbonyl (C=O) groups is 6. The maximum atomic E-state index is 13.1. The van der Waals surface area contributed by atoms with E-state index < -0.39 is 48.7 Å². The van der Waals surface area contributed by atoms with Gasteiger partial charge in [0.2, 0.25) is 0 Å². The average molecular weight is 442 g/mol. The van der Waals surface area contributed by atoms with Crippen molar-refractivity contribution in [2.45, 2.75) is 0 Å². The summed E-state index contributed by atoms with van der Waals surface area (Å²) in [6.45, 7) is -1.84. The number of hydrogen-bond donors (Lipinski definition) is 2. The second kappa shape index (κ2) is 7.04. The molecule has 2 aliphatic rings. The number of carboxylic acid groups (broad SMARTS) is 2. The van der Waals surface area contributed by atoms with Crippen LogP contribution in [0.5, 0.6) is 11.5 Å². The molecule has 2 heterocycles. The third kappa shape index (κ3) is 2.69. The fourth-order valence-electron chi connectivity index (χ4n) is 3.97. The van der Waals surface area contributed by atoms with Crippen LogP contribution in [0.3, 0.4) is 0 Å². The van der Waals surface area contributed by atoms with Gasteiger partial charge in [-0.2, -0.15) is 0 Å². The van der Waals surface area contributed by atoms with Crippen molar-refractivity contribution in [3.63, 3.8) is 0 Å². The van der Waals surface area contributed by atoms with Crippen LogP contribution in [-0.2, 0) is 9.59 Å². The molecule has 12 heteroatoms. The highest BCUT2D eigenvalue weighted by Crippen LogP contribution is 2.45. The maximum absolute atomic E-state index is 13.1. The Kier molecular flexibility index (Phi) is 4.57. The fraction of sp³-hybridized carbons (Fsp3) is 0.200. The minimum Gasteiger partial charge on any atom is -0.496 e. The number of amides is 4. The molecule has 0 aliphatic carbocycles. The molecule has 164 valence electrons. The summed E-state index contributed by atoms with van der Waals surface area (Å²) >= 11 is 0. The molecule has 0 bridgehead atoms. The van der Waals surface area contributed by atoms with Gasteiger partial charge in [0.05, 0.1) is 36.5 Å². The van der Waals surface area contributed by atoms with E-state index in [0.29, 0.717) is 9.80 Å². The smallest absolute Gasteiger partial charge is 0.323 e. The first kappa shape index (κ1) is 20.8. The van der Waals surface area contributed by atoms with Crippen LogP contribution in [0.4, 0.5) is 0 Å². The first-order valence-electron chi connectivity index (χ1n) is 9.04. The Hall–Kier alpha value is -4.48. The SMILES string of the molecule is COc1cc2c3c(c(OC)cc4c3c1C(=O)N(CC(=O)O)C4=O)C(=O)N(CC(=O)O)C2=O. The number of aliphatic carboxylic acids is 2. The van der Waals surface area contributed by atoms with Gasteiger partial charge in [-0.1, -0.05) is 0 Å². The van der Waals surface area contributed by atoms with Gasteiger partial charge in [0.1, 0.15) is 24.6 Å². The molecule has 32 heavy (non-hydrogen) atoms. The van der Waals surface area contributed by atoms with Crippen molar-refractivity contribution in [2.24, 2.45) is 0 Å². The van der Waals surface area contributed by atoms with E-state index in [1.165, 1.54) is 14.2 Å². The third-order valence-electron chi connectivity index (χ3n) is 5.23. The maximum Gasteiger partial charge on any atom is 0.323 e. The van der Waals surface area contributed by atoms with Crippen LogP contribution in [0.1, 0.15) is 41.4 Å². The zero-order chi connectivity index (χ0) is 23.5. The Morgan fingerprint density at radius 2 is 1.06 bits per heavy atom. The highest BCUT2D eigenvalue weighted by Gasteiger charge is 2.44. The first-order chi connectivity index (χ1) is 15.1. The summed E-state index contributed by atoms with van der Waals surface area (Å²) in [4.78, 5) is 75.6. The van der Waals surface area contributed by atoms with Crippen LogP contribution in [0.15, 0.2) is 12.1 Å². The summed E-state index contributed by atoms with van der Waals surface area (Å²) in [5.74, 6) is -7.01. The number of rotatable bonds is 6. The number of imide groups is 2. The molecule has 2 aliphatic heterocycles. The van der Waals surface area contributed by atoms with Gasteiger partial charge in [-0.05, 0) is 12.1 Å². The van der Waals surface area contributed by atoms with E-state index in [1.807, 2.05) is 0 Å². The van der Waals surface area contributed by atoms with E-state index in [4.69, 9.17) is 19.7 Å². The summed E-state index contributed by atoms with van der Waals surface area (Å²) in [6, 6.07) is 2.31. The molecule has 2 aromatic carbocycles. The molecule has 2 aromatic rings. The average Bonchev–Trinajstić information content (AvgIpc) is 2.75. The van der Waals surface area contributed by atoms with Crippen LogP contribution < -0.4 is 9.47 Å². The van der Waals surface area contributed by atoms with Crippen molar-refractivity contribution < 1.29 is 48.5 Å². The molecule has 0 fully saturated rings. The molecular formula is C20H14N2O10. The van der Waals surface area contributed by atoms with Gasteiger partial charge in [0, 0.05) is 10.8 Å². The second-order valence-electron chi connectivity index (χ2n) is 6.93. The van der Waals surface area contributed by atoms with E-state index in [1.54, 1.807) is 0 Å². The minimum atomic E-state index is -1.43. The molecule has 0 saturated carbocycles. The largest absolute Gasteiger partial charge is 0.496 e. The van der Waals surface area contributed by atoms with E-state index in [9.17, 15) is 28.8 Å². The number of carbonyl (C=O) groups excluding carboxylic acids is 4. The van der Waals surface area contributed by atoms with E-state index in [0.717, 1.165) is 12.1 Å². The Labute approximate surface area is 178 Å². The summed E-state index contributed by atoms with van der Waals surface area (Å²) in [5.41, 5.74) is -0.718. The number of hydrogen-bond acceptors (Lipinski definition) is 8. The molecule has 0 unspecified atom stereocenters. The summed E-state index contributed by atoms with van der Waals surface area (Å²) in [7, 11) is 2.40. The number of nitrogens with zero attached hydrogens (tertiary/aromatic N) is 2. The van der Waals surface area contributed by atoms with Crippen molar-refractivity contribution in [1.29, 1.82) is 0 Å². The normalized spacial score (nSPS) is 14.8. The predicted octanol–water partition coefficient (Wildman–Crippen LogP) is 0.218. The highest BCUT2D eigenvalue weighted by molar-refractivity contribution is 6.35. The van der Waals surface area contributed by atoms with Gasteiger partial charge < -0.3 is 19.7 Å². The third-order valence-corrected chi connectivity index (χ3v) is 5.23. The molecule has 0 atom stereocenters. The van der Waals surface area contributed by atoms with Gasteiger partial charge in [-0.25, -0.2) is 0 Å². The minimum absolute atomic E-state index is 0.0662. The van der Waals surface area contributed by atoms with Gasteiger partial charge in [-0.15, -0.1) is 0 Å². The topological polar surface area (TPSA) is 168 Å². The summed E-state index contributed by atoms with van der Waals surface area (Å²) in [6.07, 6.45) is 0. The van der Waals surface area contributed by atoms with Gasteiger partial charge >= 0.3 is 11.9 Å². The monoisotopic (exact) mass is 442 g/mol. The predicted molar refractivity (Wildman–Crippen MR) is 103 cm³/mol. The Morgan fingerprint density at radius 3 is 1.34 bits per heavy atom. The molecule has 0 radical (unpaired) electrons. The zero-order valence-corrected chi connectivity index (χ0v) is 16.6. The lowest BCUT2D eigenvalue weighted by Crippen LogP contribution is -2.46. The van der Waals surface area contributed by atoms with Gasteiger partial charge in [0.25, 0.3) is 23.6 Å². The van der Waals surface area contributed by atoms with Crippen molar-refractivity contribution in [3.05, 3.63) is 34.4 Å². The van der Waals surface area contributed by atoms with Crippen molar-refractivity contribution in [1.82, 2.24) is 9.80 Å². The van der Waals surface area contributed by atoms with Crippen molar-refractivity contribution >= 4 is 46.3 Å². The molecule has 0 aromatic heterocycles. The number of benzene rings is 2. The van der Waals surface area contributed by atoms with Crippen LogP contribution >= 0.6 is 0 Å². The molecule has 4 rings (SSSR count). The number of carboxylic acids is 2. The molecule has 4 amide bonds. The quantitative estimate of drug-likeness (QED) is 0.590. The lowest BCUT2D eigenvalue weighted by molar-refractivity contribution is -0.138. The van der Waals surface area contributed by atoms with E-state index >= 15 is 0 Å². The molecular weight excluding hydrogens is 428 g/mol.